The molecule has 0 bridgehead atoms. The third-order valence-corrected chi connectivity index (χ3v) is 12.4. The number of aryl methyl sites for hydroxylation is 1. The van der Waals surface area contributed by atoms with E-state index in [2.05, 4.69) is 187 Å². The van der Waals surface area contributed by atoms with Crippen molar-refractivity contribution in [2.45, 2.75) is 27.7 Å². The molecule has 284 valence electrons. The molecule has 0 aliphatic carbocycles. The Morgan fingerprint density at radius 1 is 0.492 bits per heavy atom. The summed E-state index contributed by atoms with van der Waals surface area (Å²) in [4.78, 5) is 10.5. The van der Waals surface area contributed by atoms with Gasteiger partial charge in [0.25, 0.3) is 0 Å². The maximum absolute atomic E-state index is 5.30. The molecule has 4 nitrogen and oxygen atoms in total. The number of hydrogen-bond acceptors (Lipinski definition) is 3. The van der Waals surface area contributed by atoms with E-state index in [1.165, 1.54) is 48.7 Å². The van der Waals surface area contributed by atoms with Crippen molar-refractivity contribution in [2.24, 2.45) is 0 Å². The van der Waals surface area contributed by atoms with Gasteiger partial charge in [-0.2, -0.15) is 0 Å². The SMILES string of the molecule is C/C=C\c1c(C)c2ccccc2n1-c1cc(-c2ccc3sc4c(-c5ccccc5)nc(-c5ccccc5)nc4c3c2)cc(-n2c3ccccc3c3ccccc32)c1.CC. The Balaban J connectivity index is 0.00000207. The van der Waals surface area contributed by atoms with E-state index in [1.54, 1.807) is 11.3 Å². The van der Waals surface area contributed by atoms with E-state index in [1.807, 2.05) is 32.0 Å². The lowest BCUT2D eigenvalue weighted by atomic mass is 10.0. The monoisotopic (exact) mass is 778 g/mol. The minimum Gasteiger partial charge on any atom is -0.310 e. The van der Waals surface area contributed by atoms with Crippen LogP contribution in [-0.4, -0.2) is 19.1 Å². The van der Waals surface area contributed by atoms with Gasteiger partial charge in [-0.3, -0.25) is 0 Å². The lowest BCUT2D eigenvalue weighted by Gasteiger charge is -2.16. The molecule has 7 aromatic carbocycles. The van der Waals surface area contributed by atoms with Gasteiger partial charge in [0.1, 0.15) is 0 Å². The van der Waals surface area contributed by atoms with Crippen LogP contribution >= 0.6 is 11.3 Å². The topological polar surface area (TPSA) is 35.6 Å². The lowest BCUT2D eigenvalue weighted by molar-refractivity contribution is 1.08. The summed E-state index contributed by atoms with van der Waals surface area (Å²) in [5.41, 5.74) is 14.5. The molecule has 0 amide bonds. The predicted molar refractivity (Wildman–Crippen MR) is 253 cm³/mol. The van der Waals surface area contributed by atoms with Gasteiger partial charge in [0.2, 0.25) is 0 Å². The van der Waals surface area contributed by atoms with Crippen LogP contribution in [0.3, 0.4) is 0 Å². The number of thiophene rings is 1. The standard InChI is InChI=1S/C52H36N4S.C2H6/c1-3-16-44-33(2)40-21-10-13-24-45(40)55(44)38-29-37(30-39(32-38)56-46-25-14-11-22-41(46)42-23-12-15-26-47(42)56)36-27-28-48-43(31-36)50-51(57-48)49(34-17-6-4-7-18-34)53-52(54-50)35-19-8-5-9-20-35;1-2/h3-32H,1-2H3;1-2H3/b16-3-;. The summed E-state index contributed by atoms with van der Waals surface area (Å²) in [7, 11) is 0. The molecule has 0 aliphatic rings. The fourth-order valence-corrected chi connectivity index (χ4v) is 9.74. The molecule has 4 aromatic heterocycles. The number of hydrogen-bond donors (Lipinski definition) is 0. The van der Waals surface area contributed by atoms with E-state index in [0.29, 0.717) is 0 Å². The van der Waals surface area contributed by atoms with Crippen LogP contribution in [0.4, 0.5) is 0 Å². The van der Waals surface area contributed by atoms with Crippen molar-refractivity contribution in [3.63, 3.8) is 0 Å². The minimum atomic E-state index is 0.731. The summed E-state index contributed by atoms with van der Waals surface area (Å²) in [6.45, 7) is 8.33. The minimum absolute atomic E-state index is 0.731. The molecule has 0 unspecified atom stereocenters. The molecule has 11 rings (SSSR count). The van der Waals surface area contributed by atoms with E-state index in [0.717, 1.165) is 60.7 Å². The van der Waals surface area contributed by atoms with Crippen molar-refractivity contribution in [3.05, 3.63) is 187 Å². The van der Waals surface area contributed by atoms with Gasteiger partial charge >= 0.3 is 0 Å². The van der Waals surface area contributed by atoms with Gasteiger partial charge in [-0.15, -0.1) is 11.3 Å². The van der Waals surface area contributed by atoms with Crippen molar-refractivity contribution in [1.82, 2.24) is 19.1 Å². The zero-order chi connectivity index (χ0) is 40.0. The summed E-state index contributed by atoms with van der Waals surface area (Å²) in [6.07, 6.45) is 4.38. The Bertz CT molecular complexity index is 3310. The molecule has 0 aliphatic heterocycles. The quantitative estimate of drug-likeness (QED) is 0.169. The third kappa shape index (κ3) is 6.05. The van der Waals surface area contributed by atoms with Crippen LogP contribution in [0.25, 0.3) is 104 Å². The Labute approximate surface area is 348 Å². The van der Waals surface area contributed by atoms with E-state index in [9.17, 15) is 0 Å². The zero-order valence-corrected chi connectivity index (χ0v) is 34.3. The highest BCUT2D eigenvalue weighted by Crippen LogP contribution is 2.42. The molecule has 0 spiro atoms. The van der Waals surface area contributed by atoms with E-state index in [-0.39, 0.29) is 0 Å². The van der Waals surface area contributed by atoms with Gasteiger partial charge in [0.15, 0.2) is 5.82 Å². The zero-order valence-electron chi connectivity index (χ0n) is 33.5. The molecule has 0 saturated heterocycles. The van der Waals surface area contributed by atoms with E-state index in [4.69, 9.17) is 9.97 Å². The van der Waals surface area contributed by atoms with E-state index >= 15 is 0 Å². The first-order chi connectivity index (χ1) is 29.1. The fraction of sp³-hybridized carbons (Fsp3) is 0.0741. The molecule has 0 atom stereocenters. The van der Waals surface area contributed by atoms with Crippen molar-refractivity contribution >= 4 is 70.4 Å². The number of benzene rings is 7. The normalized spacial score (nSPS) is 11.7. The number of fused-ring (bicyclic) bond motifs is 7. The Morgan fingerprint density at radius 3 is 1.69 bits per heavy atom. The summed E-state index contributed by atoms with van der Waals surface area (Å²) in [5, 5.41) is 4.87. The molecule has 5 heteroatoms. The van der Waals surface area contributed by atoms with Crippen molar-refractivity contribution in [2.75, 3.05) is 0 Å². The number of para-hydroxylation sites is 3. The first-order valence-electron chi connectivity index (χ1n) is 20.4. The van der Waals surface area contributed by atoms with Gasteiger partial charge < -0.3 is 9.13 Å². The molecule has 0 radical (unpaired) electrons. The highest BCUT2D eigenvalue weighted by molar-refractivity contribution is 7.26. The smallest absolute Gasteiger partial charge is 0.160 e. The van der Waals surface area contributed by atoms with Crippen LogP contribution in [0.15, 0.2) is 176 Å². The number of aromatic nitrogens is 4. The predicted octanol–water partition coefficient (Wildman–Crippen LogP) is 15.3. The van der Waals surface area contributed by atoms with Crippen molar-refractivity contribution < 1.29 is 0 Å². The lowest BCUT2D eigenvalue weighted by Crippen LogP contribution is -2.01. The largest absolute Gasteiger partial charge is 0.310 e. The van der Waals surface area contributed by atoms with Crippen LogP contribution < -0.4 is 0 Å². The average Bonchev–Trinajstić information content (AvgIpc) is 3.94. The second-order valence-electron chi connectivity index (χ2n) is 14.6. The summed E-state index contributed by atoms with van der Waals surface area (Å²) < 4.78 is 7.13. The fourth-order valence-electron chi connectivity index (χ4n) is 8.61. The first kappa shape index (κ1) is 36.3. The van der Waals surface area contributed by atoms with Crippen LogP contribution in [-0.2, 0) is 0 Å². The second-order valence-corrected chi connectivity index (χ2v) is 15.6. The molecular formula is C54H42N4S. The molecule has 4 heterocycles. The van der Waals surface area contributed by atoms with Gasteiger partial charge in [-0.1, -0.05) is 141 Å². The van der Waals surface area contributed by atoms with Gasteiger partial charge in [0.05, 0.1) is 32.5 Å². The van der Waals surface area contributed by atoms with Crippen LogP contribution in [0, 0.1) is 6.92 Å². The second kappa shape index (κ2) is 15.0. The van der Waals surface area contributed by atoms with Gasteiger partial charge in [0, 0.05) is 54.4 Å². The van der Waals surface area contributed by atoms with Crippen molar-refractivity contribution in [1.29, 1.82) is 0 Å². The van der Waals surface area contributed by atoms with Crippen LogP contribution in [0.5, 0.6) is 0 Å². The highest BCUT2D eigenvalue weighted by atomic mass is 32.1. The Hall–Kier alpha value is -7.08. The number of nitrogens with zero attached hydrogens (tertiary/aromatic N) is 4. The Kier molecular flexibility index (Phi) is 9.23. The third-order valence-electron chi connectivity index (χ3n) is 11.2. The molecule has 59 heavy (non-hydrogen) atoms. The highest BCUT2D eigenvalue weighted by Gasteiger charge is 2.20. The molecule has 11 aromatic rings. The maximum Gasteiger partial charge on any atom is 0.160 e. The summed E-state index contributed by atoms with van der Waals surface area (Å²) in [6, 6.07) is 61.0. The number of allylic oxidation sites excluding steroid dienone is 1. The van der Waals surface area contributed by atoms with Crippen LogP contribution in [0.1, 0.15) is 32.0 Å². The van der Waals surface area contributed by atoms with Gasteiger partial charge in [-0.25, -0.2) is 9.97 Å². The molecule has 0 N–H and O–H groups in total. The summed E-state index contributed by atoms with van der Waals surface area (Å²) >= 11 is 1.77. The number of rotatable bonds is 6. The van der Waals surface area contributed by atoms with Gasteiger partial charge in [-0.05, 0) is 85.1 Å². The maximum atomic E-state index is 5.30. The molecule has 0 fully saturated rings. The van der Waals surface area contributed by atoms with Crippen LogP contribution in [0.2, 0.25) is 0 Å². The summed E-state index contributed by atoms with van der Waals surface area (Å²) in [5.74, 6) is 0.731. The molecule has 0 saturated carbocycles. The average molecular weight is 779 g/mol. The first-order valence-corrected chi connectivity index (χ1v) is 21.2. The van der Waals surface area contributed by atoms with E-state index < -0.39 is 0 Å². The van der Waals surface area contributed by atoms with Crippen molar-refractivity contribution in [3.8, 4) is 45.1 Å². The molecular weight excluding hydrogens is 737 g/mol. The Morgan fingerprint density at radius 2 is 1.05 bits per heavy atom.